The Kier molecular flexibility index (Phi) is 7.10. The molecule has 0 unspecified atom stereocenters. The number of rotatable bonds is 6. The number of hydrogen-bond donors (Lipinski definition) is 0. The van der Waals surface area contributed by atoms with Crippen molar-refractivity contribution in [3.8, 4) is 0 Å². The van der Waals surface area contributed by atoms with Crippen LogP contribution in [0.15, 0.2) is 12.2 Å². The van der Waals surface area contributed by atoms with Crippen LogP contribution in [0.4, 0.5) is 0 Å². The summed E-state index contributed by atoms with van der Waals surface area (Å²) in [6, 6.07) is 0. The highest BCUT2D eigenvalue weighted by Crippen LogP contribution is 2.11. The topological polar surface area (TPSA) is 26.3 Å². The van der Waals surface area contributed by atoms with Crippen molar-refractivity contribution in [2.45, 2.75) is 31.0 Å². The van der Waals surface area contributed by atoms with Gasteiger partial charge in [0.2, 0.25) is 0 Å². The molecule has 0 radical (unpaired) electrons. The van der Waals surface area contributed by atoms with Gasteiger partial charge in [-0.05, 0) is 26.2 Å². The van der Waals surface area contributed by atoms with Gasteiger partial charge in [-0.2, -0.15) is 0 Å². The lowest BCUT2D eigenvalue weighted by molar-refractivity contribution is -0.139. The van der Waals surface area contributed by atoms with Crippen molar-refractivity contribution in [3.05, 3.63) is 12.2 Å². The second kappa shape index (κ2) is 7.22. The highest BCUT2D eigenvalue weighted by Gasteiger charge is 2.02. The lowest BCUT2D eigenvalue weighted by Crippen LogP contribution is -2.06. The minimum atomic E-state index is -0.340. The summed E-state index contributed by atoms with van der Waals surface area (Å²) < 4.78 is 4.86. The molecule has 76 valence electrons. The third kappa shape index (κ3) is 8.13. The Morgan fingerprint density at radius 3 is 2.54 bits per heavy atom. The van der Waals surface area contributed by atoms with Crippen LogP contribution >= 0.6 is 23.2 Å². The SMILES string of the molecule is C=C(C)C(=O)OCCCCC(Cl)Cl. The van der Waals surface area contributed by atoms with E-state index in [1.165, 1.54) is 0 Å². The predicted octanol–water partition coefficient (Wildman–Crippen LogP) is 3.08. The van der Waals surface area contributed by atoms with E-state index in [1.807, 2.05) is 0 Å². The maximum absolute atomic E-state index is 10.9. The van der Waals surface area contributed by atoms with Gasteiger partial charge in [-0.1, -0.05) is 6.58 Å². The number of unbranched alkanes of at least 4 members (excludes halogenated alkanes) is 1. The van der Waals surface area contributed by atoms with E-state index in [2.05, 4.69) is 6.58 Å². The van der Waals surface area contributed by atoms with E-state index in [9.17, 15) is 4.79 Å². The molecule has 0 aliphatic rings. The molecule has 0 saturated carbocycles. The Morgan fingerprint density at radius 2 is 2.08 bits per heavy atom. The van der Waals surface area contributed by atoms with E-state index in [1.54, 1.807) is 6.92 Å². The number of hydrogen-bond acceptors (Lipinski definition) is 2. The fourth-order valence-electron chi connectivity index (χ4n) is 0.689. The summed E-state index contributed by atoms with van der Waals surface area (Å²) in [6.07, 6.45) is 2.38. The minimum Gasteiger partial charge on any atom is -0.462 e. The van der Waals surface area contributed by atoms with E-state index in [0.717, 1.165) is 19.3 Å². The molecule has 0 aliphatic heterocycles. The van der Waals surface area contributed by atoms with Crippen molar-refractivity contribution >= 4 is 29.2 Å². The Morgan fingerprint density at radius 1 is 1.46 bits per heavy atom. The molecule has 0 bridgehead atoms. The summed E-state index contributed by atoms with van der Waals surface area (Å²) in [5, 5.41) is 0. The molecule has 0 aromatic rings. The maximum Gasteiger partial charge on any atom is 0.333 e. The van der Waals surface area contributed by atoms with Gasteiger partial charge >= 0.3 is 5.97 Å². The van der Waals surface area contributed by atoms with E-state index in [4.69, 9.17) is 27.9 Å². The van der Waals surface area contributed by atoms with E-state index in [0.29, 0.717) is 12.2 Å². The van der Waals surface area contributed by atoms with Crippen molar-refractivity contribution in [2.24, 2.45) is 0 Å². The average molecular weight is 225 g/mol. The zero-order chi connectivity index (χ0) is 10.3. The molecule has 0 aromatic carbocycles. The quantitative estimate of drug-likeness (QED) is 0.300. The van der Waals surface area contributed by atoms with Gasteiger partial charge in [0.1, 0.15) is 4.84 Å². The number of alkyl halides is 2. The highest BCUT2D eigenvalue weighted by atomic mass is 35.5. The predicted molar refractivity (Wildman–Crippen MR) is 55.1 cm³/mol. The first-order chi connectivity index (χ1) is 6.04. The lowest BCUT2D eigenvalue weighted by Gasteiger charge is -2.04. The van der Waals surface area contributed by atoms with Crippen LogP contribution in [0.25, 0.3) is 0 Å². The first-order valence-electron chi connectivity index (χ1n) is 4.15. The van der Waals surface area contributed by atoms with Crippen LogP contribution in [0.2, 0.25) is 0 Å². The number of halogens is 2. The molecule has 0 atom stereocenters. The van der Waals surface area contributed by atoms with Crippen LogP contribution in [0.1, 0.15) is 26.2 Å². The van der Waals surface area contributed by atoms with Gasteiger partial charge in [0, 0.05) is 5.57 Å². The summed E-state index contributed by atoms with van der Waals surface area (Å²) in [4.78, 5) is 10.5. The molecule has 0 saturated heterocycles. The molecule has 0 amide bonds. The van der Waals surface area contributed by atoms with E-state index < -0.39 is 0 Å². The zero-order valence-electron chi connectivity index (χ0n) is 7.69. The lowest BCUT2D eigenvalue weighted by atomic mass is 10.2. The normalized spacial score (nSPS) is 10.2. The van der Waals surface area contributed by atoms with Crippen molar-refractivity contribution in [1.29, 1.82) is 0 Å². The molecular weight excluding hydrogens is 211 g/mol. The first-order valence-corrected chi connectivity index (χ1v) is 5.02. The zero-order valence-corrected chi connectivity index (χ0v) is 9.20. The van der Waals surface area contributed by atoms with Gasteiger partial charge in [-0.25, -0.2) is 4.79 Å². The monoisotopic (exact) mass is 224 g/mol. The molecule has 4 heteroatoms. The Bertz CT molecular complexity index is 178. The summed E-state index contributed by atoms with van der Waals surface area (Å²) in [5.74, 6) is -0.340. The average Bonchev–Trinajstić information content (AvgIpc) is 2.02. The third-order valence-electron chi connectivity index (χ3n) is 1.40. The van der Waals surface area contributed by atoms with Crippen LogP contribution in [0.5, 0.6) is 0 Å². The third-order valence-corrected chi connectivity index (χ3v) is 1.83. The molecule has 0 rings (SSSR count). The maximum atomic E-state index is 10.9. The first kappa shape index (κ1) is 12.8. The molecule has 0 spiro atoms. The van der Waals surface area contributed by atoms with Crippen LogP contribution in [-0.4, -0.2) is 17.4 Å². The summed E-state index contributed by atoms with van der Waals surface area (Å²) in [7, 11) is 0. The Balaban J connectivity index is 3.26. The number of esters is 1. The van der Waals surface area contributed by atoms with Crippen molar-refractivity contribution in [1.82, 2.24) is 0 Å². The van der Waals surface area contributed by atoms with Crippen LogP contribution in [0, 0.1) is 0 Å². The van der Waals surface area contributed by atoms with Gasteiger partial charge < -0.3 is 4.74 Å². The highest BCUT2D eigenvalue weighted by molar-refractivity contribution is 6.44. The standard InChI is InChI=1S/C9H14Cl2O2/c1-7(2)9(12)13-6-4-3-5-8(10)11/h8H,1,3-6H2,2H3. The number of carbonyl (C=O) groups excluding carboxylic acids is 1. The van der Waals surface area contributed by atoms with Gasteiger partial charge in [-0.15, -0.1) is 23.2 Å². The molecule has 0 aliphatic carbocycles. The number of carbonyl (C=O) groups is 1. The molecule has 13 heavy (non-hydrogen) atoms. The molecule has 0 heterocycles. The van der Waals surface area contributed by atoms with Crippen LogP contribution < -0.4 is 0 Å². The van der Waals surface area contributed by atoms with Crippen molar-refractivity contribution in [3.63, 3.8) is 0 Å². The fourth-order valence-corrected chi connectivity index (χ4v) is 0.997. The van der Waals surface area contributed by atoms with Gasteiger partial charge in [0.25, 0.3) is 0 Å². The second-order valence-electron chi connectivity index (χ2n) is 2.80. The second-order valence-corrected chi connectivity index (χ2v) is 4.08. The molecule has 0 fully saturated rings. The van der Waals surface area contributed by atoms with E-state index in [-0.39, 0.29) is 10.8 Å². The van der Waals surface area contributed by atoms with Gasteiger partial charge in [0.05, 0.1) is 6.61 Å². The Labute approximate surface area is 88.9 Å². The summed E-state index contributed by atoms with van der Waals surface area (Å²) >= 11 is 11.0. The van der Waals surface area contributed by atoms with Crippen molar-refractivity contribution in [2.75, 3.05) is 6.61 Å². The van der Waals surface area contributed by atoms with Crippen LogP contribution in [0.3, 0.4) is 0 Å². The fraction of sp³-hybridized carbons (Fsp3) is 0.667. The molecular formula is C9H14Cl2O2. The largest absolute Gasteiger partial charge is 0.462 e. The molecule has 0 N–H and O–H groups in total. The Hall–Kier alpha value is -0.210. The van der Waals surface area contributed by atoms with Crippen LogP contribution in [-0.2, 0) is 9.53 Å². The summed E-state index contributed by atoms with van der Waals surface area (Å²) in [6.45, 7) is 5.50. The number of ether oxygens (including phenoxy) is 1. The molecule has 0 aromatic heterocycles. The van der Waals surface area contributed by atoms with E-state index >= 15 is 0 Å². The molecule has 2 nitrogen and oxygen atoms in total. The van der Waals surface area contributed by atoms with Gasteiger partial charge in [-0.3, -0.25) is 0 Å². The minimum absolute atomic E-state index is 0.322. The van der Waals surface area contributed by atoms with Gasteiger partial charge in [0.15, 0.2) is 0 Å². The smallest absolute Gasteiger partial charge is 0.333 e. The van der Waals surface area contributed by atoms with Crippen molar-refractivity contribution < 1.29 is 9.53 Å². The summed E-state index contributed by atoms with van der Waals surface area (Å²) in [5.41, 5.74) is 0.424.